The smallest absolute Gasteiger partial charge is 0.263 e. The largest absolute Gasteiger partial charge is 0.489 e. The summed E-state index contributed by atoms with van der Waals surface area (Å²) in [5.74, 6) is 7.38. The quantitative estimate of drug-likeness (QED) is 0.381. The molecule has 0 bridgehead atoms. The van der Waals surface area contributed by atoms with E-state index in [0.29, 0.717) is 34.2 Å². The van der Waals surface area contributed by atoms with Gasteiger partial charge in [-0.25, -0.2) is 10.1 Å². The lowest BCUT2D eigenvalue weighted by Gasteiger charge is -2.08. The summed E-state index contributed by atoms with van der Waals surface area (Å²) >= 11 is 11.9. The first-order chi connectivity index (χ1) is 12.5. The van der Waals surface area contributed by atoms with Crippen molar-refractivity contribution < 1.29 is 4.74 Å². The number of aryl methyl sites for hydroxylation is 1. The van der Waals surface area contributed by atoms with Gasteiger partial charge in [0.1, 0.15) is 12.4 Å². The van der Waals surface area contributed by atoms with Gasteiger partial charge in [-0.3, -0.25) is 0 Å². The number of anilines is 1. The first kappa shape index (κ1) is 18.0. The molecule has 9 heteroatoms. The number of aromatic nitrogens is 3. The van der Waals surface area contributed by atoms with Gasteiger partial charge in [0, 0.05) is 0 Å². The first-order valence-corrected chi connectivity index (χ1v) is 8.41. The Hall–Kier alpha value is -2.77. The molecular formula is C17H16Cl2N6O. The van der Waals surface area contributed by atoms with Crippen LogP contribution in [-0.4, -0.2) is 21.1 Å². The molecule has 0 unspecified atom stereocenters. The summed E-state index contributed by atoms with van der Waals surface area (Å²) in [6.45, 7) is 2.13. The second kappa shape index (κ2) is 8.07. The van der Waals surface area contributed by atoms with Crippen molar-refractivity contribution in [3.8, 4) is 5.75 Å². The summed E-state index contributed by atoms with van der Waals surface area (Å²) in [5.41, 5.74) is 4.52. The Kier molecular flexibility index (Phi) is 5.60. The average molecular weight is 391 g/mol. The van der Waals surface area contributed by atoms with E-state index in [4.69, 9.17) is 33.8 Å². The van der Waals surface area contributed by atoms with Crippen molar-refractivity contribution in [1.29, 1.82) is 0 Å². The molecule has 0 aliphatic carbocycles. The van der Waals surface area contributed by atoms with E-state index in [9.17, 15) is 0 Å². The second-order valence-electron chi connectivity index (χ2n) is 5.42. The molecule has 7 nitrogen and oxygen atoms in total. The van der Waals surface area contributed by atoms with Crippen LogP contribution in [0.3, 0.4) is 0 Å². The minimum atomic E-state index is 0.353. The third kappa shape index (κ3) is 4.44. The molecule has 0 atom stereocenters. The van der Waals surface area contributed by atoms with Gasteiger partial charge in [0.05, 0.1) is 16.3 Å². The van der Waals surface area contributed by atoms with Crippen molar-refractivity contribution in [3.05, 3.63) is 69.5 Å². The fraction of sp³-hybridized carbons (Fsp3) is 0.118. The van der Waals surface area contributed by atoms with Crippen molar-refractivity contribution >= 4 is 35.4 Å². The van der Waals surface area contributed by atoms with Crippen molar-refractivity contribution in [2.75, 3.05) is 11.3 Å². The topological polar surface area (TPSA) is 90.4 Å². The van der Waals surface area contributed by atoms with Crippen LogP contribution in [0.5, 0.6) is 5.75 Å². The molecule has 1 aromatic heterocycles. The maximum atomic E-state index is 6.01. The summed E-state index contributed by atoms with van der Waals surface area (Å²) in [4.78, 5) is 0. The molecule has 0 fully saturated rings. The van der Waals surface area contributed by atoms with Crippen LogP contribution in [0, 0.1) is 6.92 Å². The van der Waals surface area contributed by atoms with Gasteiger partial charge in [-0.2, -0.15) is 5.10 Å². The molecule has 0 saturated carbocycles. The van der Waals surface area contributed by atoms with E-state index in [1.165, 1.54) is 4.68 Å². The van der Waals surface area contributed by atoms with Crippen LogP contribution in [-0.2, 0) is 6.61 Å². The van der Waals surface area contributed by atoms with Crippen molar-refractivity contribution in [2.24, 2.45) is 5.10 Å². The average Bonchev–Trinajstić information content (AvgIpc) is 2.95. The van der Waals surface area contributed by atoms with Gasteiger partial charge < -0.3 is 10.6 Å². The molecule has 1 heterocycles. The first-order valence-electron chi connectivity index (χ1n) is 7.66. The van der Waals surface area contributed by atoms with E-state index < -0.39 is 0 Å². The maximum Gasteiger partial charge on any atom is 0.263 e. The van der Waals surface area contributed by atoms with Crippen molar-refractivity contribution in [3.63, 3.8) is 0 Å². The van der Waals surface area contributed by atoms with Crippen LogP contribution in [0.1, 0.15) is 17.0 Å². The monoisotopic (exact) mass is 390 g/mol. The zero-order valence-corrected chi connectivity index (χ0v) is 15.4. The lowest BCUT2D eigenvalue weighted by Crippen LogP contribution is -2.13. The van der Waals surface area contributed by atoms with E-state index in [-0.39, 0.29) is 0 Å². The van der Waals surface area contributed by atoms with E-state index in [0.717, 1.165) is 11.1 Å². The van der Waals surface area contributed by atoms with E-state index >= 15 is 0 Å². The SMILES string of the molecule is Cc1nnc(N/N=C/c2cccc(OCc3ccc(Cl)c(Cl)c3)c2)n1N. The van der Waals surface area contributed by atoms with Crippen LogP contribution in [0.4, 0.5) is 5.95 Å². The molecule has 134 valence electrons. The van der Waals surface area contributed by atoms with Crippen LogP contribution in [0.15, 0.2) is 47.6 Å². The number of ether oxygens (including phenoxy) is 1. The molecule has 2 aromatic carbocycles. The van der Waals surface area contributed by atoms with Gasteiger partial charge in [-0.05, 0) is 42.3 Å². The van der Waals surface area contributed by atoms with Crippen molar-refractivity contribution in [1.82, 2.24) is 14.9 Å². The molecule has 0 spiro atoms. The number of rotatable bonds is 6. The highest BCUT2D eigenvalue weighted by molar-refractivity contribution is 6.42. The fourth-order valence-electron chi connectivity index (χ4n) is 2.09. The normalized spacial score (nSPS) is 11.0. The second-order valence-corrected chi connectivity index (χ2v) is 6.23. The Morgan fingerprint density at radius 3 is 2.77 bits per heavy atom. The summed E-state index contributed by atoms with van der Waals surface area (Å²) in [7, 11) is 0. The lowest BCUT2D eigenvalue weighted by molar-refractivity contribution is 0.306. The standard InChI is InChI=1S/C17H16Cl2N6O/c1-11-22-24-17(25(11)20)23-21-9-12-3-2-4-14(7-12)26-10-13-5-6-15(18)16(19)8-13/h2-9H,10,20H2,1H3,(H,23,24)/b21-9+. The molecule has 26 heavy (non-hydrogen) atoms. The minimum absolute atomic E-state index is 0.353. The van der Waals surface area contributed by atoms with Gasteiger partial charge in [-0.1, -0.05) is 41.4 Å². The Morgan fingerprint density at radius 1 is 1.19 bits per heavy atom. The minimum Gasteiger partial charge on any atom is -0.489 e. The Morgan fingerprint density at radius 2 is 2.04 bits per heavy atom. The van der Waals surface area contributed by atoms with Gasteiger partial charge in [0.2, 0.25) is 0 Å². The number of nitrogens with zero attached hydrogens (tertiary/aromatic N) is 4. The molecule has 3 N–H and O–H groups in total. The molecule has 0 saturated heterocycles. The van der Waals surface area contributed by atoms with Crippen LogP contribution < -0.4 is 16.0 Å². The van der Waals surface area contributed by atoms with E-state index in [1.807, 2.05) is 30.3 Å². The third-order valence-electron chi connectivity index (χ3n) is 3.49. The van der Waals surface area contributed by atoms with Crippen LogP contribution >= 0.6 is 23.2 Å². The molecule has 0 radical (unpaired) electrons. The third-order valence-corrected chi connectivity index (χ3v) is 4.23. The predicted molar refractivity (Wildman–Crippen MR) is 103 cm³/mol. The van der Waals surface area contributed by atoms with E-state index in [2.05, 4.69) is 20.7 Å². The number of nitrogens with two attached hydrogens (primary N) is 1. The van der Waals surface area contributed by atoms with Gasteiger partial charge in [0.25, 0.3) is 5.95 Å². The Bertz CT molecular complexity index is 941. The predicted octanol–water partition coefficient (Wildman–Crippen LogP) is 3.63. The molecule has 0 amide bonds. The van der Waals surface area contributed by atoms with Crippen LogP contribution in [0.2, 0.25) is 10.0 Å². The highest BCUT2D eigenvalue weighted by Crippen LogP contribution is 2.23. The zero-order chi connectivity index (χ0) is 18.5. The zero-order valence-electron chi connectivity index (χ0n) is 13.9. The van der Waals surface area contributed by atoms with E-state index in [1.54, 1.807) is 25.3 Å². The summed E-state index contributed by atoms with van der Waals surface area (Å²) in [5, 5.41) is 12.8. The summed E-state index contributed by atoms with van der Waals surface area (Å²) in [6.07, 6.45) is 1.63. The molecule has 3 rings (SSSR count). The molecule has 0 aliphatic heterocycles. The number of nitrogen functional groups attached to an aromatic ring is 1. The molecular weight excluding hydrogens is 375 g/mol. The number of hydrogen-bond acceptors (Lipinski definition) is 6. The highest BCUT2D eigenvalue weighted by Gasteiger charge is 2.03. The number of nitrogens with one attached hydrogen (secondary N) is 1. The van der Waals surface area contributed by atoms with Gasteiger partial charge >= 0.3 is 0 Å². The molecule has 3 aromatic rings. The Labute approximate surface area is 160 Å². The number of hydrogen-bond donors (Lipinski definition) is 2. The maximum absolute atomic E-state index is 6.01. The summed E-state index contributed by atoms with van der Waals surface area (Å²) < 4.78 is 7.10. The lowest BCUT2D eigenvalue weighted by atomic mass is 10.2. The number of hydrazone groups is 1. The van der Waals surface area contributed by atoms with Crippen molar-refractivity contribution in [2.45, 2.75) is 13.5 Å². The number of benzene rings is 2. The van der Waals surface area contributed by atoms with Gasteiger partial charge in [0.15, 0.2) is 5.82 Å². The van der Waals surface area contributed by atoms with Crippen LogP contribution in [0.25, 0.3) is 0 Å². The fourth-order valence-corrected chi connectivity index (χ4v) is 2.41. The highest BCUT2D eigenvalue weighted by atomic mass is 35.5. The Balaban J connectivity index is 1.61. The van der Waals surface area contributed by atoms with Gasteiger partial charge in [-0.15, -0.1) is 10.2 Å². The molecule has 0 aliphatic rings. The number of halogens is 2. The summed E-state index contributed by atoms with van der Waals surface area (Å²) in [6, 6.07) is 12.9.